The Morgan fingerprint density at radius 3 is 2.68 bits per heavy atom. The SMILES string of the molecule is O=C(N/N=C/c1ccc(Cl)cc1Cl)C1CC(c2ccc(Br)cc2)NN1. The van der Waals surface area contributed by atoms with Crippen LogP contribution in [0, 0.1) is 0 Å². The Bertz CT molecular complexity index is 798. The van der Waals surface area contributed by atoms with Gasteiger partial charge in [0.15, 0.2) is 0 Å². The standard InChI is InChI=1S/C17H15BrCl2N4O/c18-12-4-1-10(2-5-12)15-8-16(23-22-15)17(25)24-21-9-11-3-6-13(19)7-14(11)20/h1-7,9,15-16,22-23H,8H2,(H,24,25)/b21-9+. The second kappa shape index (κ2) is 8.29. The maximum atomic E-state index is 12.2. The number of nitrogens with one attached hydrogen (secondary N) is 3. The molecule has 2 aromatic rings. The molecule has 0 bridgehead atoms. The molecule has 1 aliphatic heterocycles. The molecule has 130 valence electrons. The third-order valence-corrected chi connectivity index (χ3v) is 4.92. The van der Waals surface area contributed by atoms with Gasteiger partial charge in [0.1, 0.15) is 6.04 Å². The van der Waals surface area contributed by atoms with Crippen LogP contribution >= 0.6 is 39.1 Å². The van der Waals surface area contributed by atoms with Crippen LogP contribution in [0.4, 0.5) is 0 Å². The summed E-state index contributed by atoms with van der Waals surface area (Å²) in [6, 6.07) is 12.8. The summed E-state index contributed by atoms with van der Waals surface area (Å²) in [6.07, 6.45) is 2.12. The molecule has 0 radical (unpaired) electrons. The molecule has 1 saturated heterocycles. The number of hydrazone groups is 1. The number of carbonyl (C=O) groups excluding carboxylic acids is 1. The van der Waals surface area contributed by atoms with Gasteiger partial charge >= 0.3 is 0 Å². The van der Waals surface area contributed by atoms with Crippen LogP contribution in [-0.4, -0.2) is 18.2 Å². The summed E-state index contributed by atoms with van der Waals surface area (Å²) in [5.41, 5.74) is 10.4. The van der Waals surface area contributed by atoms with E-state index in [1.807, 2.05) is 24.3 Å². The van der Waals surface area contributed by atoms with E-state index in [4.69, 9.17) is 23.2 Å². The normalized spacial score (nSPS) is 20.1. The van der Waals surface area contributed by atoms with Gasteiger partial charge < -0.3 is 0 Å². The van der Waals surface area contributed by atoms with Crippen molar-refractivity contribution < 1.29 is 4.79 Å². The fraction of sp³-hybridized carbons (Fsp3) is 0.176. The lowest BCUT2D eigenvalue weighted by atomic mass is 10.0. The van der Waals surface area contributed by atoms with Crippen molar-refractivity contribution in [3.05, 3.63) is 68.1 Å². The number of halogens is 3. The van der Waals surface area contributed by atoms with Crippen LogP contribution in [0.25, 0.3) is 0 Å². The lowest BCUT2D eigenvalue weighted by Crippen LogP contribution is -2.41. The Hall–Kier alpha value is -1.44. The molecule has 0 spiro atoms. The topological polar surface area (TPSA) is 65.5 Å². The van der Waals surface area contributed by atoms with Crippen LogP contribution in [-0.2, 0) is 4.79 Å². The molecule has 2 aromatic carbocycles. The first-order valence-corrected chi connectivity index (χ1v) is 9.12. The van der Waals surface area contributed by atoms with E-state index >= 15 is 0 Å². The van der Waals surface area contributed by atoms with Gasteiger partial charge in [0, 0.05) is 21.1 Å². The second-order valence-corrected chi connectivity index (χ2v) is 7.34. The molecule has 0 saturated carbocycles. The van der Waals surface area contributed by atoms with E-state index in [1.165, 1.54) is 6.21 Å². The number of rotatable bonds is 4. The maximum Gasteiger partial charge on any atom is 0.258 e. The van der Waals surface area contributed by atoms with E-state index in [9.17, 15) is 4.79 Å². The minimum absolute atomic E-state index is 0.0681. The third kappa shape index (κ3) is 4.80. The van der Waals surface area contributed by atoms with Gasteiger partial charge in [0.25, 0.3) is 5.91 Å². The smallest absolute Gasteiger partial charge is 0.258 e. The zero-order valence-electron chi connectivity index (χ0n) is 13.0. The number of benzene rings is 2. The highest BCUT2D eigenvalue weighted by molar-refractivity contribution is 9.10. The average Bonchev–Trinajstić information content (AvgIpc) is 3.07. The Morgan fingerprint density at radius 1 is 1.20 bits per heavy atom. The van der Waals surface area contributed by atoms with Crippen molar-refractivity contribution in [2.24, 2.45) is 5.10 Å². The van der Waals surface area contributed by atoms with Crippen LogP contribution in [0.5, 0.6) is 0 Å². The molecule has 1 aliphatic rings. The monoisotopic (exact) mass is 440 g/mol. The number of nitrogens with zero attached hydrogens (tertiary/aromatic N) is 1. The first kappa shape index (κ1) is 18.4. The van der Waals surface area contributed by atoms with E-state index in [2.05, 4.69) is 37.3 Å². The minimum atomic E-state index is -0.369. The van der Waals surface area contributed by atoms with E-state index in [-0.39, 0.29) is 18.0 Å². The maximum absolute atomic E-state index is 12.2. The summed E-state index contributed by atoms with van der Waals surface area (Å²) >= 11 is 15.3. The molecular formula is C17H15BrCl2N4O. The number of hydrogen-bond acceptors (Lipinski definition) is 4. The Morgan fingerprint density at radius 2 is 1.96 bits per heavy atom. The molecular weight excluding hydrogens is 427 g/mol. The van der Waals surface area contributed by atoms with Gasteiger partial charge in [-0.05, 0) is 36.2 Å². The Labute approximate surface area is 163 Å². The van der Waals surface area contributed by atoms with Gasteiger partial charge in [-0.25, -0.2) is 16.3 Å². The average molecular weight is 442 g/mol. The van der Waals surface area contributed by atoms with Crippen molar-refractivity contribution in [3.8, 4) is 0 Å². The number of amides is 1. The lowest BCUT2D eigenvalue weighted by molar-refractivity contribution is -0.122. The number of hydrazine groups is 1. The van der Waals surface area contributed by atoms with Gasteiger partial charge in [-0.3, -0.25) is 4.79 Å². The summed E-state index contributed by atoms with van der Waals surface area (Å²) in [4.78, 5) is 12.2. The van der Waals surface area contributed by atoms with E-state index in [0.717, 1.165) is 10.0 Å². The summed E-state index contributed by atoms with van der Waals surface area (Å²) in [5, 5.41) is 4.98. The predicted octanol–water partition coefficient (Wildman–Crippen LogP) is 3.81. The number of carbonyl (C=O) groups is 1. The highest BCUT2D eigenvalue weighted by atomic mass is 79.9. The lowest BCUT2D eigenvalue weighted by Gasteiger charge is -2.09. The zero-order chi connectivity index (χ0) is 17.8. The molecule has 3 N–H and O–H groups in total. The Balaban J connectivity index is 1.55. The highest BCUT2D eigenvalue weighted by Crippen LogP contribution is 2.24. The molecule has 0 aliphatic carbocycles. The van der Waals surface area contributed by atoms with Gasteiger partial charge in [0.05, 0.1) is 11.2 Å². The van der Waals surface area contributed by atoms with E-state index in [1.54, 1.807) is 18.2 Å². The molecule has 2 unspecified atom stereocenters. The molecule has 1 fully saturated rings. The quantitative estimate of drug-likeness (QED) is 0.499. The van der Waals surface area contributed by atoms with Crippen LogP contribution in [0.3, 0.4) is 0 Å². The molecule has 8 heteroatoms. The largest absolute Gasteiger partial charge is 0.271 e. The fourth-order valence-electron chi connectivity index (χ4n) is 2.49. The van der Waals surface area contributed by atoms with Gasteiger partial charge in [0.2, 0.25) is 0 Å². The van der Waals surface area contributed by atoms with Crippen LogP contribution in [0.2, 0.25) is 10.0 Å². The summed E-state index contributed by atoms with van der Waals surface area (Å²) < 4.78 is 1.02. The third-order valence-electron chi connectivity index (χ3n) is 3.83. The second-order valence-electron chi connectivity index (χ2n) is 5.58. The van der Waals surface area contributed by atoms with Crippen molar-refractivity contribution in [1.82, 2.24) is 16.3 Å². The van der Waals surface area contributed by atoms with Crippen molar-refractivity contribution in [2.75, 3.05) is 0 Å². The molecule has 25 heavy (non-hydrogen) atoms. The van der Waals surface area contributed by atoms with Gasteiger partial charge in [-0.1, -0.05) is 57.3 Å². The van der Waals surface area contributed by atoms with Crippen molar-refractivity contribution in [3.63, 3.8) is 0 Å². The molecule has 1 amide bonds. The van der Waals surface area contributed by atoms with Crippen LogP contribution in [0.1, 0.15) is 23.6 Å². The number of hydrogen-bond donors (Lipinski definition) is 3. The first-order valence-electron chi connectivity index (χ1n) is 7.57. The summed E-state index contributed by atoms with van der Waals surface area (Å²) in [5.74, 6) is -0.214. The predicted molar refractivity (Wildman–Crippen MR) is 104 cm³/mol. The highest BCUT2D eigenvalue weighted by Gasteiger charge is 2.29. The van der Waals surface area contributed by atoms with Crippen molar-refractivity contribution in [2.45, 2.75) is 18.5 Å². The van der Waals surface area contributed by atoms with E-state index < -0.39 is 0 Å². The van der Waals surface area contributed by atoms with E-state index in [0.29, 0.717) is 22.0 Å². The molecule has 3 rings (SSSR count). The molecule has 5 nitrogen and oxygen atoms in total. The minimum Gasteiger partial charge on any atom is -0.271 e. The van der Waals surface area contributed by atoms with Gasteiger partial charge in [-0.2, -0.15) is 5.10 Å². The van der Waals surface area contributed by atoms with Crippen molar-refractivity contribution >= 4 is 51.3 Å². The molecule has 2 atom stereocenters. The summed E-state index contributed by atoms with van der Waals surface area (Å²) in [7, 11) is 0. The Kier molecular flexibility index (Phi) is 6.09. The molecule has 1 heterocycles. The van der Waals surface area contributed by atoms with Gasteiger partial charge in [-0.15, -0.1) is 0 Å². The van der Waals surface area contributed by atoms with Crippen molar-refractivity contribution in [1.29, 1.82) is 0 Å². The van der Waals surface area contributed by atoms with Crippen LogP contribution < -0.4 is 16.3 Å². The summed E-state index contributed by atoms with van der Waals surface area (Å²) in [6.45, 7) is 0. The van der Waals surface area contributed by atoms with Crippen LogP contribution in [0.15, 0.2) is 52.0 Å². The zero-order valence-corrected chi connectivity index (χ0v) is 16.1. The fourth-order valence-corrected chi connectivity index (χ4v) is 3.21. The molecule has 0 aromatic heterocycles. The first-order chi connectivity index (χ1) is 12.0.